The lowest BCUT2D eigenvalue weighted by molar-refractivity contribution is 0.227. The van der Waals surface area contributed by atoms with Crippen LogP contribution in [0.1, 0.15) is 47.5 Å². The summed E-state index contributed by atoms with van der Waals surface area (Å²) in [5.41, 5.74) is 0. The first kappa shape index (κ1) is 13.0. The van der Waals surface area contributed by atoms with Crippen molar-refractivity contribution in [1.29, 1.82) is 0 Å². The van der Waals surface area contributed by atoms with Crippen LogP contribution in [0.5, 0.6) is 0 Å². The maximum Gasteiger partial charge on any atom is 0.00356 e. The van der Waals surface area contributed by atoms with Crippen LogP contribution >= 0.6 is 0 Å². The van der Waals surface area contributed by atoms with E-state index in [1.807, 2.05) is 0 Å². The van der Waals surface area contributed by atoms with Crippen LogP contribution in [0, 0.1) is 11.8 Å². The van der Waals surface area contributed by atoms with Crippen LogP contribution in [0.2, 0.25) is 0 Å². The van der Waals surface area contributed by atoms with Crippen molar-refractivity contribution in [3.8, 4) is 0 Å². The Kier molecular flexibility index (Phi) is 6.40. The van der Waals surface area contributed by atoms with E-state index in [0.717, 1.165) is 11.8 Å². The molecule has 0 aliphatic rings. The van der Waals surface area contributed by atoms with Crippen molar-refractivity contribution in [2.24, 2.45) is 11.8 Å². The van der Waals surface area contributed by atoms with Gasteiger partial charge in [-0.05, 0) is 39.2 Å². The predicted molar refractivity (Wildman–Crippen MR) is 61.0 cm³/mol. The topological polar surface area (TPSA) is 3.24 Å². The molecular weight excluding hydrogens is 158 g/mol. The number of hydrogen-bond donors (Lipinski definition) is 0. The Balaban J connectivity index is 3.55. The van der Waals surface area contributed by atoms with E-state index in [9.17, 15) is 0 Å². The molecule has 0 radical (unpaired) electrons. The van der Waals surface area contributed by atoms with Crippen LogP contribution in [0.15, 0.2) is 0 Å². The van der Waals surface area contributed by atoms with Crippen molar-refractivity contribution in [1.82, 2.24) is 4.90 Å². The minimum absolute atomic E-state index is 0.682. The maximum absolute atomic E-state index is 2.44. The zero-order valence-electron chi connectivity index (χ0n) is 10.3. The second-order valence-corrected chi connectivity index (χ2v) is 5.11. The molecule has 1 atom stereocenters. The molecule has 13 heavy (non-hydrogen) atoms. The van der Waals surface area contributed by atoms with Crippen molar-refractivity contribution >= 4 is 0 Å². The van der Waals surface area contributed by atoms with Crippen molar-refractivity contribution in [2.75, 3.05) is 13.6 Å². The van der Waals surface area contributed by atoms with Crippen molar-refractivity contribution in [2.45, 2.75) is 53.5 Å². The highest BCUT2D eigenvalue weighted by atomic mass is 15.1. The minimum atomic E-state index is 0.682. The zero-order valence-corrected chi connectivity index (χ0v) is 10.3. The van der Waals surface area contributed by atoms with Crippen LogP contribution in [0.3, 0.4) is 0 Å². The second-order valence-electron chi connectivity index (χ2n) is 5.11. The lowest BCUT2D eigenvalue weighted by atomic mass is 9.99. The van der Waals surface area contributed by atoms with Gasteiger partial charge in [0.15, 0.2) is 0 Å². The highest BCUT2D eigenvalue weighted by Crippen LogP contribution is 2.13. The van der Waals surface area contributed by atoms with Gasteiger partial charge in [0.05, 0.1) is 0 Å². The first-order valence-electron chi connectivity index (χ1n) is 5.63. The van der Waals surface area contributed by atoms with Gasteiger partial charge in [-0.25, -0.2) is 0 Å². The third kappa shape index (κ3) is 7.06. The van der Waals surface area contributed by atoms with Gasteiger partial charge in [-0.3, -0.25) is 0 Å². The summed E-state index contributed by atoms with van der Waals surface area (Å²) in [7, 11) is 2.22. The average molecular weight is 185 g/mol. The Morgan fingerprint density at radius 3 is 1.85 bits per heavy atom. The van der Waals surface area contributed by atoms with Crippen molar-refractivity contribution < 1.29 is 0 Å². The Labute approximate surface area is 84.5 Å². The van der Waals surface area contributed by atoms with Gasteiger partial charge in [-0.1, -0.05) is 27.2 Å². The van der Waals surface area contributed by atoms with Gasteiger partial charge in [0, 0.05) is 12.6 Å². The fourth-order valence-electron chi connectivity index (χ4n) is 1.41. The van der Waals surface area contributed by atoms with E-state index in [-0.39, 0.29) is 0 Å². The summed E-state index contributed by atoms with van der Waals surface area (Å²) in [6.45, 7) is 12.7. The molecule has 0 saturated heterocycles. The van der Waals surface area contributed by atoms with Gasteiger partial charge < -0.3 is 4.90 Å². The summed E-state index contributed by atoms with van der Waals surface area (Å²) < 4.78 is 0. The Morgan fingerprint density at radius 1 is 0.923 bits per heavy atom. The number of rotatable bonds is 6. The predicted octanol–water partition coefficient (Wildman–Crippen LogP) is 3.40. The van der Waals surface area contributed by atoms with Crippen LogP contribution in [0.4, 0.5) is 0 Å². The van der Waals surface area contributed by atoms with Crippen LogP contribution in [-0.2, 0) is 0 Å². The molecule has 1 heteroatoms. The summed E-state index contributed by atoms with van der Waals surface area (Å²) in [5.74, 6) is 1.70. The van der Waals surface area contributed by atoms with Crippen LogP contribution < -0.4 is 0 Å². The molecule has 0 aromatic rings. The number of nitrogens with zero attached hydrogens (tertiary/aromatic N) is 1. The SMILES string of the molecule is CC(C)CCC(C)CN(C)C(C)C. The van der Waals surface area contributed by atoms with E-state index in [0.29, 0.717) is 6.04 Å². The average Bonchev–Trinajstić information content (AvgIpc) is 2.00. The first-order valence-corrected chi connectivity index (χ1v) is 5.63. The quantitative estimate of drug-likeness (QED) is 0.613. The Bertz CT molecular complexity index is 118. The van der Waals surface area contributed by atoms with Gasteiger partial charge >= 0.3 is 0 Å². The number of hydrogen-bond acceptors (Lipinski definition) is 1. The molecule has 0 spiro atoms. The molecule has 0 aromatic heterocycles. The van der Waals surface area contributed by atoms with Crippen LogP contribution in [0.25, 0.3) is 0 Å². The zero-order chi connectivity index (χ0) is 10.4. The minimum Gasteiger partial charge on any atom is -0.304 e. The molecule has 0 fully saturated rings. The molecule has 1 nitrogen and oxygen atoms in total. The summed E-state index contributed by atoms with van der Waals surface area (Å²) >= 11 is 0. The van der Waals surface area contributed by atoms with Gasteiger partial charge in [-0.2, -0.15) is 0 Å². The van der Waals surface area contributed by atoms with Crippen molar-refractivity contribution in [3.63, 3.8) is 0 Å². The molecule has 0 heterocycles. The second kappa shape index (κ2) is 6.42. The van der Waals surface area contributed by atoms with E-state index in [2.05, 4.69) is 46.6 Å². The summed E-state index contributed by atoms with van der Waals surface area (Å²) in [6.07, 6.45) is 2.74. The van der Waals surface area contributed by atoms with Gasteiger partial charge in [-0.15, -0.1) is 0 Å². The molecule has 80 valence electrons. The van der Waals surface area contributed by atoms with E-state index in [1.54, 1.807) is 0 Å². The van der Waals surface area contributed by atoms with Crippen LogP contribution in [-0.4, -0.2) is 24.5 Å². The standard InChI is InChI=1S/C12H27N/c1-10(2)7-8-12(5)9-13(6)11(3)4/h10-12H,7-9H2,1-6H3. The highest BCUT2D eigenvalue weighted by Gasteiger charge is 2.09. The first-order chi connectivity index (χ1) is 5.93. The smallest absolute Gasteiger partial charge is 0.00356 e. The highest BCUT2D eigenvalue weighted by molar-refractivity contribution is 4.63. The molecule has 0 bridgehead atoms. The Hall–Kier alpha value is -0.0400. The molecule has 0 aromatic carbocycles. The molecule has 0 amide bonds. The molecule has 0 saturated carbocycles. The van der Waals surface area contributed by atoms with E-state index in [1.165, 1.54) is 19.4 Å². The van der Waals surface area contributed by atoms with Crippen molar-refractivity contribution in [3.05, 3.63) is 0 Å². The Morgan fingerprint density at radius 2 is 1.46 bits per heavy atom. The largest absolute Gasteiger partial charge is 0.304 e. The molecule has 0 rings (SSSR count). The summed E-state index contributed by atoms with van der Waals surface area (Å²) in [5, 5.41) is 0. The third-order valence-electron chi connectivity index (χ3n) is 2.72. The van der Waals surface area contributed by atoms with E-state index < -0.39 is 0 Å². The van der Waals surface area contributed by atoms with Gasteiger partial charge in [0.25, 0.3) is 0 Å². The summed E-state index contributed by atoms with van der Waals surface area (Å²) in [4.78, 5) is 2.44. The molecule has 0 N–H and O–H groups in total. The fraction of sp³-hybridized carbons (Fsp3) is 1.00. The van der Waals surface area contributed by atoms with Gasteiger partial charge in [0.2, 0.25) is 0 Å². The fourth-order valence-corrected chi connectivity index (χ4v) is 1.41. The monoisotopic (exact) mass is 185 g/mol. The van der Waals surface area contributed by atoms with E-state index >= 15 is 0 Å². The third-order valence-corrected chi connectivity index (χ3v) is 2.72. The molecule has 0 aliphatic heterocycles. The maximum atomic E-state index is 2.44. The van der Waals surface area contributed by atoms with E-state index in [4.69, 9.17) is 0 Å². The molecular formula is C12H27N. The molecule has 0 aliphatic carbocycles. The normalized spacial score (nSPS) is 14.5. The lowest BCUT2D eigenvalue weighted by Gasteiger charge is -2.25. The summed E-state index contributed by atoms with van der Waals surface area (Å²) in [6, 6.07) is 0.682. The lowest BCUT2D eigenvalue weighted by Crippen LogP contribution is -2.30. The van der Waals surface area contributed by atoms with Gasteiger partial charge in [0.1, 0.15) is 0 Å². The molecule has 1 unspecified atom stereocenters.